The number of nitrogens with zero attached hydrogens (tertiary/aromatic N) is 1. The van der Waals surface area contributed by atoms with Crippen LogP contribution in [0.3, 0.4) is 0 Å². The molecule has 0 saturated carbocycles. The lowest BCUT2D eigenvalue weighted by atomic mass is 10.00. The first kappa shape index (κ1) is 15.8. The molecule has 0 aromatic heterocycles. The van der Waals surface area contributed by atoms with Crippen LogP contribution in [0.1, 0.15) is 17.5 Å². The fourth-order valence-electron chi connectivity index (χ4n) is 2.07. The second-order valence-electron chi connectivity index (χ2n) is 4.65. The zero-order valence-corrected chi connectivity index (χ0v) is 11.4. The predicted octanol–water partition coefficient (Wildman–Crippen LogP) is 5.22. The molecule has 2 aromatic carbocycles. The monoisotopic (exact) mass is 305 g/mol. The average Bonchev–Trinajstić information content (AvgIpc) is 2.47. The summed E-state index contributed by atoms with van der Waals surface area (Å²) in [5.41, 5.74) is 0.975. The van der Waals surface area contributed by atoms with E-state index in [2.05, 4.69) is 0 Å². The van der Waals surface area contributed by atoms with Gasteiger partial charge in [0, 0.05) is 5.56 Å². The smallest absolute Gasteiger partial charge is 0.206 e. The first-order chi connectivity index (χ1) is 10.5. The summed E-state index contributed by atoms with van der Waals surface area (Å²) in [5.74, 6) is -1.28. The largest absolute Gasteiger partial charge is 0.266 e. The van der Waals surface area contributed by atoms with E-state index in [0.29, 0.717) is 11.1 Å². The van der Waals surface area contributed by atoms with Gasteiger partial charge >= 0.3 is 0 Å². The van der Waals surface area contributed by atoms with Gasteiger partial charge in [0.05, 0.1) is 5.56 Å². The Balaban J connectivity index is 2.25. The molecule has 0 aliphatic rings. The van der Waals surface area contributed by atoms with Crippen molar-refractivity contribution in [3.8, 4) is 17.2 Å². The molecular formula is C17H11F4N. The van der Waals surface area contributed by atoms with Crippen molar-refractivity contribution in [3.05, 3.63) is 71.3 Å². The summed E-state index contributed by atoms with van der Waals surface area (Å²) in [6.07, 6.45) is -0.574. The SMILES string of the molecule is N#Cc1ccc(-c2ccc(CCC=C(F)F)cc2F)cc1F. The molecule has 0 bridgehead atoms. The number of aryl methyl sites for hydroxylation is 1. The van der Waals surface area contributed by atoms with E-state index in [-0.39, 0.29) is 24.0 Å². The summed E-state index contributed by atoms with van der Waals surface area (Å²) in [5, 5.41) is 8.67. The molecule has 0 radical (unpaired) electrons. The third-order valence-electron chi connectivity index (χ3n) is 3.17. The molecule has 0 amide bonds. The van der Waals surface area contributed by atoms with Crippen LogP contribution in [0.25, 0.3) is 11.1 Å². The minimum absolute atomic E-state index is 0.110. The van der Waals surface area contributed by atoms with Gasteiger partial charge in [-0.2, -0.15) is 14.0 Å². The quantitative estimate of drug-likeness (QED) is 0.711. The normalized spacial score (nSPS) is 10.1. The Hall–Kier alpha value is -2.61. The first-order valence-electron chi connectivity index (χ1n) is 6.51. The van der Waals surface area contributed by atoms with Gasteiger partial charge in [-0.25, -0.2) is 8.78 Å². The van der Waals surface area contributed by atoms with Gasteiger partial charge in [-0.15, -0.1) is 0 Å². The lowest BCUT2D eigenvalue weighted by Gasteiger charge is -2.07. The molecule has 5 heteroatoms. The summed E-state index contributed by atoms with van der Waals surface area (Å²) in [7, 11) is 0. The van der Waals surface area contributed by atoms with E-state index in [1.54, 1.807) is 12.1 Å². The molecule has 0 fully saturated rings. The van der Waals surface area contributed by atoms with Crippen molar-refractivity contribution in [3.63, 3.8) is 0 Å². The van der Waals surface area contributed by atoms with Crippen LogP contribution in [0.4, 0.5) is 17.6 Å². The van der Waals surface area contributed by atoms with Crippen molar-refractivity contribution in [1.82, 2.24) is 0 Å². The van der Waals surface area contributed by atoms with E-state index in [1.807, 2.05) is 0 Å². The zero-order chi connectivity index (χ0) is 16.1. The maximum absolute atomic E-state index is 14.1. The Morgan fingerprint density at radius 2 is 1.82 bits per heavy atom. The van der Waals surface area contributed by atoms with E-state index in [0.717, 1.165) is 12.1 Å². The van der Waals surface area contributed by atoms with E-state index in [9.17, 15) is 17.6 Å². The number of allylic oxidation sites excluding steroid dienone is 1. The standard InChI is InChI=1S/C17H11F4N/c18-15-9-12(5-6-13(15)10-22)14-7-4-11(8-16(14)19)2-1-3-17(20)21/h3-9H,1-2H2. The Bertz CT molecular complexity index is 756. The van der Waals surface area contributed by atoms with Crippen LogP contribution >= 0.6 is 0 Å². The van der Waals surface area contributed by atoms with Crippen molar-refractivity contribution in [1.29, 1.82) is 5.26 Å². The molecule has 22 heavy (non-hydrogen) atoms. The number of hydrogen-bond acceptors (Lipinski definition) is 1. The lowest BCUT2D eigenvalue weighted by molar-refractivity contribution is 0.417. The third kappa shape index (κ3) is 3.73. The second kappa shape index (κ2) is 6.90. The van der Waals surface area contributed by atoms with Crippen molar-refractivity contribution < 1.29 is 17.6 Å². The van der Waals surface area contributed by atoms with Crippen molar-refractivity contribution in [2.45, 2.75) is 12.8 Å². The molecular weight excluding hydrogens is 294 g/mol. The lowest BCUT2D eigenvalue weighted by Crippen LogP contribution is -1.91. The number of nitriles is 1. The topological polar surface area (TPSA) is 23.8 Å². The maximum Gasteiger partial charge on any atom is 0.266 e. The predicted molar refractivity (Wildman–Crippen MR) is 75.1 cm³/mol. The van der Waals surface area contributed by atoms with Crippen molar-refractivity contribution >= 4 is 0 Å². The Kier molecular flexibility index (Phi) is 4.95. The van der Waals surface area contributed by atoms with Gasteiger partial charge in [-0.3, -0.25) is 0 Å². The summed E-state index contributed by atoms with van der Waals surface area (Å²) in [6.45, 7) is 0. The van der Waals surface area contributed by atoms with Gasteiger partial charge in [-0.05, 0) is 48.2 Å². The van der Waals surface area contributed by atoms with Crippen LogP contribution in [0.15, 0.2) is 48.6 Å². The van der Waals surface area contributed by atoms with E-state index in [4.69, 9.17) is 5.26 Å². The summed E-state index contributed by atoms with van der Waals surface area (Å²) in [6, 6.07) is 9.86. The Labute approximate surface area is 125 Å². The minimum Gasteiger partial charge on any atom is -0.206 e. The average molecular weight is 305 g/mol. The highest BCUT2D eigenvalue weighted by atomic mass is 19.3. The Morgan fingerprint density at radius 3 is 2.41 bits per heavy atom. The maximum atomic E-state index is 14.1. The van der Waals surface area contributed by atoms with Gasteiger partial charge in [-0.1, -0.05) is 18.2 Å². The second-order valence-corrected chi connectivity index (χ2v) is 4.65. The minimum atomic E-state index is -1.76. The van der Waals surface area contributed by atoms with Crippen LogP contribution < -0.4 is 0 Å². The van der Waals surface area contributed by atoms with Gasteiger partial charge in [0.15, 0.2) is 0 Å². The van der Waals surface area contributed by atoms with Crippen LogP contribution in [-0.4, -0.2) is 0 Å². The van der Waals surface area contributed by atoms with Crippen molar-refractivity contribution in [2.75, 3.05) is 0 Å². The Morgan fingerprint density at radius 1 is 1.05 bits per heavy atom. The molecule has 0 N–H and O–H groups in total. The highest BCUT2D eigenvalue weighted by molar-refractivity contribution is 5.65. The number of halogens is 4. The molecule has 0 aliphatic carbocycles. The molecule has 0 aliphatic heterocycles. The van der Waals surface area contributed by atoms with Crippen LogP contribution in [0, 0.1) is 23.0 Å². The van der Waals surface area contributed by atoms with Crippen LogP contribution in [-0.2, 0) is 6.42 Å². The van der Waals surface area contributed by atoms with Crippen molar-refractivity contribution in [2.24, 2.45) is 0 Å². The molecule has 2 rings (SSSR count). The molecule has 0 spiro atoms. The molecule has 2 aromatic rings. The van der Waals surface area contributed by atoms with Gasteiger partial charge in [0.25, 0.3) is 6.08 Å². The molecule has 0 heterocycles. The fourth-order valence-corrected chi connectivity index (χ4v) is 2.07. The van der Waals surface area contributed by atoms with E-state index < -0.39 is 17.7 Å². The molecule has 0 saturated heterocycles. The zero-order valence-electron chi connectivity index (χ0n) is 11.4. The van der Waals surface area contributed by atoms with Crippen LogP contribution in [0.5, 0.6) is 0 Å². The molecule has 112 valence electrons. The fraction of sp³-hybridized carbons (Fsp3) is 0.118. The van der Waals surface area contributed by atoms with Gasteiger partial charge < -0.3 is 0 Å². The number of hydrogen-bond donors (Lipinski definition) is 0. The van der Waals surface area contributed by atoms with Gasteiger partial charge in [0.2, 0.25) is 0 Å². The summed E-state index contributed by atoms with van der Waals surface area (Å²) in [4.78, 5) is 0. The number of rotatable bonds is 4. The van der Waals surface area contributed by atoms with Crippen LogP contribution in [0.2, 0.25) is 0 Å². The van der Waals surface area contributed by atoms with E-state index >= 15 is 0 Å². The number of benzene rings is 2. The highest BCUT2D eigenvalue weighted by Crippen LogP contribution is 2.26. The third-order valence-corrected chi connectivity index (χ3v) is 3.17. The summed E-state index contributed by atoms with van der Waals surface area (Å²) < 4.78 is 51.5. The molecule has 0 atom stereocenters. The van der Waals surface area contributed by atoms with E-state index in [1.165, 1.54) is 24.3 Å². The molecule has 1 nitrogen and oxygen atoms in total. The summed E-state index contributed by atoms with van der Waals surface area (Å²) >= 11 is 0. The first-order valence-corrected chi connectivity index (χ1v) is 6.51. The molecule has 0 unspecified atom stereocenters. The highest BCUT2D eigenvalue weighted by Gasteiger charge is 2.09. The van der Waals surface area contributed by atoms with Gasteiger partial charge in [0.1, 0.15) is 17.7 Å².